The Kier molecular flexibility index (Phi) is 1.53. The Morgan fingerprint density at radius 3 is 1.56 bits per heavy atom. The Morgan fingerprint density at radius 1 is 1.11 bits per heavy atom. The van der Waals surface area contributed by atoms with Crippen LogP contribution in [0.1, 0.15) is 26.7 Å². The summed E-state index contributed by atoms with van der Waals surface area (Å²) in [6, 6.07) is 0. The molecular formula is C7H14O2. The van der Waals surface area contributed by atoms with Gasteiger partial charge in [0.1, 0.15) is 0 Å². The van der Waals surface area contributed by atoms with Gasteiger partial charge in [-0.1, -0.05) is 13.8 Å². The molecule has 2 nitrogen and oxygen atoms in total. The maximum Gasteiger partial charge on any atom is 0.0804 e. The molecular weight excluding hydrogens is 116 g/mol. The van der Waals surface area contributed by atoms with Crippen molar-refractivity contribution >= 4 is 0 Å². The highest BCUT2D eigenvalue weighted by atomic mass is 16.3. The fraction of sp³-hybridized carbons (Fsp3) is 1.00. The van der Waals surface area contributed by atoms with Crippen LogP contribution in [-0.2, 0) is 0 Å². The van der Waals surface area contributed by atoms with Crippen LogP contribution in [0.5, 0.6) is 0 Å². The molecule has 1 aliphatic carbocycles. The Morgan fingerprint density at radius 2 is 1.44 bits per heavy atom. The van der Waals surface area contributed by atoms with Gasteiger partial charge in [-0.25, -0.2) is 0 Å². The molecule has 1 fully saturated rings. The van der Waals surface area contributed by atoms with Crippen molar-refractivity contribution in [3.63, 3.8) is 0 Å². The SMILES string of the molecule is CC1(C)C[C@@H](O)[C@@H](O)C1. The van der Waals surface area contributed by atoms with Crippen molar-refractivity contribution in [3.05, 3.63) is 0 Å². The van der Waals surface area contributed by atoms with E-state index in [1.165, 1.54) is 0 Å². The van der Waals surface area contributed by atoms with Crippen LogP contribution in [0, 0.1) is 5.41 Å². The fourth-order valence-electron chi connectivity index (χ4n) is 1.49. The Balaban J connectivity index is 2.54. The second-order valence-corrected chi connectivity index (χ2v) is 3.71. The van der Waals surface area contributed by atoms with Gasteiger partial charge in [0.2, 0.25) is 0 Å². The van der Waals surface area contributed by atoms with Gasteiger partial charge >= 0.3 is 0 Å². The Bertz CT molecular complexity index is 97.5. The summed E-state index contributed by atoms with van der Waals surface area (Å²) in [5, 5.41) is 18.2. The molecule has 2 heteroatoms. The summed E-state index contributed by atoms with van der Waals surface area (Å²) < 4.78 is 0. The lowest BCUT2D eigenvalue weighted by molar-refractivity contribution is 0.0438. The van der Waals surface area contributed by atoms with Crippen molar-refractivity contribution in [2.45, 2.75) is 38.9 Å². The van der Waals surface area contributed by atoms with Crippen LogP contribution in [0.15, 0.2) is 0 Å². The molecule has 1 aliphatic rings. The van der Waals surface area contributed by atoms with Gasteiger partial charge in [-0.2, -0.15) is 0 Å². The van der Waals surface area contributed by atoms with Crippen molar-refractivity contribution in [1.82, 2.24) is 0 Å². The van der Waals surface area contributed by atoms with Gasteiger partial charge in [0.15, 0.2) is 0 Å². The van der Waals surface area contributed by atoms with E-state index in [0.717, 1.165) is 12.8 Å². The van der Waals surface area contributed by atoms with E-state index in [4.69, 9.17) is 10.2 Å². The molecule has 0 saturated heterocycles. The molecule has 0 heterocycles. The summed E-state index contributed by atoms with van der Waals surface area (Å²) in [7, 11) is 0. The standard InChI is InChI=1S/C7H14O2/c1-7(2)3-5(8)6(9)4-7/h5-6,8-9H,3-4H2,1-2H3/t5-,6+. The quantitative estimate of drug-likeness (QED) is 0.502. The average Bonchev–Trinajstić information content (AvgIpc) is 1.79. The number of hydrogen-bond donors (Lipinski definition) is 2. The topological polar surface area (TPSA) is 40.5 Å². The average molecular weight is 130 g/mol. The molecule has 2 atom stereocenters. The molecule has 2 N–H and O–H groups in total. The van der Waals surface area contributed by atoms with Crippen molar-refractivity contribution in [3.8, 4) is 0 Å². The maximum absolute atomic E-state index is 9.08. The summed E-state index contributed by atoms with van der Waals surface area (Å²) in [5.74, 6) is 0. The Labute approximate surface area is 55.5 Å². The molecule has 0 aromatic carbocycles. The molecule has 54 valence electrons. The molecule has 0 aromatic heterocycles. The van der Waals surface area contributed by atoms with Crippen LogP contribution in [0.3, 0.4) is 0 Å². The van der Waals surface area contributed by atoms with Crippen molar-refractivity contribution in [2.24, 2.45) is 5.41 Å². The first-order chi connectivity index (χ1) is 4.01. The molecule has 0 radical (unpaired) electrons. The highest BCUT2D eigenvalue weighted by Gasteiger charge is 2.36. The van der Waals surface area contributed by atoms with E-state index in [1.807, 2.05) is 0 Å². The van der Waals surface area contributed by atoms with Crippen LogP contribution >= 0.6 is 0 Å². The van der Waals surface area contributed by atoms with Gasteiger partial charge in [-0.15, -0.1) is 0 Å². The smallest absolute Gasteiger partial charge is 0.0804 e. The highest BCUT2D eigenvalue weighted by Crippen LogP contribution is 2.36. The van der Waals surface area contributed by atoms with Gasteiger partial charge in [0.25, 0.3) is 0 Å². The summed E-state index contributed by atoms with van der Waals surface area (Å²) in [6.07, 6.45) is 0.488. The van der Waals surface area contributed by atoms with Crippen LogP contribution in [0.2, 0.25) is 0 Å². The molecule has 0 amide bonds. The highest BCUT2D eigenvalue weighted by molar-refractivity contribution is 4.88. The van der Waals surface area contributed by atoms with E-state index in [9.17, 15) is 0 Å². The molecule has 0 aliphatic heterocycles. The predicted octanol–water partition coefficient (Wildman–Crippen LogP) is 0.528. The monoisotopic (exact) mass is 130 g/mol. The van der Waals surface area contributed by atoms with Crippen LogP contribution in [-0.4, -0.2) is 22.4 Å². The second kappa shape index (κ2) is 1.96. The molecule has 1 rings (SSSR count). The number of hydrogen-bond acceptors (Lipinski definition) is 2. The van der Waals surface area contributed by atoms with E-state index in [0.29, 0.717) is 0 Å². The van der Waals surface area contributed by atoms with Crippen molar-refractivity contribution in [2.75, 3.05) is 0 Å². The third-order valence-electron chi connectivity index (χ3n) is 1.97. The maximum atomic E-state index is 9.08. The van der Waals surface area contributed by atoms with Gasteiger partial charge in [0.05, 0.1) is 12.2 Å². The van der Waals surface area contributed by atoms with Gasteiger partial charge in [0, 0.05) is 0 Å². The van der Waals surface area contributed by atoms with Crippen molar-refractivity contribution < 1.29 is 10.2 Å². The van der Waals surface area contributed by atoms with E-state index in [1.54, 1.807) is 0 Å². The first-order valence-electron chi connectivity index (χ1n) is 3.37. The zero-order valence-electron chi connectivity index (χ0n) is 5.96. The van der Waals surface area contributed by atoms with E-state index < -0.39 is 12.2 Å². The molecule has 0 spiro atoms. The minimum Gasteiger partial charge on any atom is -0.390 e. The van der Waals surface area contributed by atoms with Gasteiger partial charge < -0.3 is 10.2 Å². The lowest BCUT2D eigenvalue weighted by Gasteiger charge is -2.14. The largest absolute Gasteiger partial charge is 0.390 e. The summed E-state index contributed by atoms with van der Waals surface area (Å²) in [4.78, 5) is 0. The molecule has 0 bridgehead atoms. The van der Waals surface area contributed by atoms with Gasteiger partial charge in [-0.05, 0) is 18.3 Å². The predicted molar refractivity (Wildman–Crippen MR) is 35.0 cm³/mol. The summed E-state index contributed by atoms with van der Waals surface area (Å²) in [6.45, 7) is 4.12. The summed E-state index contributed by atoms with van der Waals surface area (Å²) >= 11 is 0. The van der Waals surface area contributed by atoms with Crippen molar-refractivity contribution in [1.29, 1.82) is 0 Å². The van der Waals surface area contributed by atoms with Crippen LogP contribution in [0.25, 0.3) is 0 Å². The van der Waals surface area contributed by atoms with E-state index in [2.05, 4.69) is 13.8 Å². The van der Waals surface area contributed by atoms with E-state index in [-0.39, 0.29) is 5.41 Å². The molecule has 0 aromatic rings. The molecule has 1 saturated carbocycles. The summed E-state index contributed by atoms with van der Waals surface area (Å²) in [5.41, 5.74) is 0.138. The zero-order valence-corrected chi connectivity index (χ0v) is 5.96. The Hall–Kier alpha value is -0.0800. The van der Waals surface area contributed by atoms with E-state index >= 15 is 0 Å². The molecule has 0 unspecified atom stereocenters. The van der Waals surface area contributed by atoms with Gasteiger partial charge in [-0.3, -0.25) is 0 Å². The minimum atomic E-state index is -0.486. The first-order valence-corrected chi connectivity index (χ1v) is 3.37. The third-order valence-corrected chi connectivity index (χ3v) is 1.97. The minimum absolute atomic E-state index is 0.138. The normalized spacial score (nSPS) is 41.3. The first kappa shape index (κ1) is 7.03. The lowest BCUT2D eigenvalue weighted by Crippen LogP contribution is -2.17. The number of rotatable bonds is 0. The molecule has 9 heavy (non-hydrogen) atoms. The fourth-order valence-corrected chi connectivity index (χ4v) is 1.49. The third kappa shape index (κ3) is 1.43. The van der Waals surface area contributed by atoms with Crippen LogP contribution in [0.4, 0.5) is 0 Å². The second-order valence-electron chi connectivity index (χ2n) is 3.71. The number of aliphatic hydroxyl groups excluding tert-OH is 2. The lowest BCUT2D eigenvalue weighted by atomic mass is 9.92. The zero-order chi connectivity index (χ0) is 7.07. The van der Waals surface area contributed by atoms with Crippen LogP contribution < -0.4 is 0 Å². The number of aliphatic hydroxyl groups is 2.